The van der Waals surface area contributed by atoms with Gasteiger partial charge >= 0.3 is 5.97 Å². The molecule has 0 aliphatic heterocycles. The SMILES string of the molecule is C=Cc1cc(F)cc(C(=O)Oc2ccc(C(=O)c3ccccc3)cc2)c1. The number of esters is 1. The first-order valence-electron chi connectivity index (χ1n) is 7.92. The molecule has 0 bridgehead atoms. The quantitative estimate of drug-likeness (QED) is 0.374. The molecule has 128 valence electrons. The molecule has 0 unspecified atom stereocenters. The maximum atomic E-state index is 13.5. The number of hydrogen-bond donors (Lipinski definition) is 0. The van der Waals surface area contributed by atoms with Crippen LogP contribution in [0.4, 0.5) is 4.39 Å². The Hall–Kier alpha value is -3.53. The fourth-order valence-electron chi connectivity index (χ4n) is 2.44. The van der Waals surface area contributed by atoms with Crippen molar-refractivity contribution in [3.63, 3.8) is 0 Å². The van der Waals surface area contributed by atoms with Crippen LogP contribution in [-0.2, 0) is 0 Å². The molecule has 3 aromatic rings. The van der Waals surface area contributed by atoms with Crippen LogP contribution in [0, 0.1) is 5.82 Å². The van der Waals surface area contributed by atoms with Gasteiger partial charge in [-0.05, 0) is 48.0 Å². The zero-order valence-corrected chi connectivity index (χ0v) is 13.8. The summed E-state index contributed by atoms with van der Waals surface area (Å²) in [6.45, 7) is 3.56. The van der Waals surface area contributed by atoms with E-state index in [-0.39, 0.29) is 17.1 Å². The molecule has 0 heterocycles. The molecule has 0 fully saturated rings. The van der Waals surface area contributed by atoms with Crippen LogP contribution in [0.25, 0.3) is 6.08 Å². The van der Waals surface area contributed by atoms with E-state index < -0.39 is 11.8 Å². The Labute approximate surface area is 150 Å². The first-order chi connectivity index (χ1) is 12.6. The minimum atomic E-state index is -0.685. The first kappa shape index (κ1) is 17.3. The van der Waals surface area contributed by atoms with Gasteiger partial charge in [0.2, 0.25) is 0 Å². The van der Waals surface area contributed by atoms with Gasteiger partial charge in [0.15, 0.2) is 5.78 Å². The third kappa shape index (κ3) is 3.92. The Morgan fingerprint density at radius 1 is 0.846 bits per heavy atom. The van der Waals surface area contributed by atoms with Crippen molar-refractivity contribution in [2.75, 3.05) is 0 Å². The number of benzene rings is 3. The summed E-state index contributed by atoms with van der Waals surface area (Å²) in [7, 11) is 0. The zero-order valence-electron chi connectivity index (χ0n) is 13.8. The van der Waals surface area contributed by atoms with E-state index in [1.54, 1.807) is 36.4 Å². The lowest BCUT2D eigenvalue weighted by atomic mass is 10.0. The largest absolute Gasteiger partial charge is 0.423 e. The molecule has 0 N–H and O–H groups in total. The highest BCUT2D eigenvalue weighted by Gasteiger charge is 2.12. The molecule has 0 aliphatic carbocycles. The summed E-state index contributed by atoms with van der Waals surface area (Å²) in [5, 5.41) is 0. The van der Waals surface area contributed by atoms with Crippen LogP contribution in [0.2, 0.25) is 0 Å². The fraction of sp³-hybridized carbons (Fsp3) is 0. The predicted octanol–water partition coefficient (Wildman–Crippen LogP) is 4.92. The first-order valence-corrected chi connectivity index (χ1v) is 7.92. The molecule has 0 atom stereocenters. The van der Waals surface area contributed by atoms with E-state index in [1.807, 2.05) is 6.07 Å². The van der Waals surface area contributed by atoms with Crippen molar-refractivity contribution >= 4 is 17.8 Å². The van der Waals surface area contributed by atoms with Crippen LogP contribution < -0.4 is 4.74 Å². The molecule has 0 saturated heterocycles. The fourth-order valence-corrected chi connectivity index (χ4v) is 2.44. The predicted molar refractivity (Wildman–Crippen MR) is 97.8 cm³/mol. The molecule has 0 aromatic heterocycles. The van der Waals surface area contributed by atoms with Crippen LogP contribution in [0.3, 0.4) is 0 Å². The molecule has 0 aliphatic rings. The Morgan fingerprint density at radius 2 is 1.50 bits per heavy atom. The summed E-state index contributed by atoms with van der Waals surface area (Å²) in [5.41, 5.74) is 1.63. The maximum absolute atomic E-state index is 13.5. The topological polar surface area (TPSA) is 43.4 Å². The van der Waals surface area contributed by atoms with Crippen LogP contribution in [-0.4, -0.2) is 11.8 Å². The molecule has 0 spiro atoms. The summed E-state index contributed by atoms with van der Waals surface area (Å²) < 4.78 is 18.8. The highest BCUT2D eigenvalue weighted by atomic mass is 19.1. The minimum Gasteiger partial charge on any atom is -0.423 e. The monoisotopic (exact) mass is 346 g/mol. The molecule has 0 radical (unpaired) electrons. The van der Waals surface area contributed by atoms with E-state index in [0.717, 1.165) is 6.07 Å². The summed E-state index contributed by atoms with van der Waals surface area (Å²) in [6.07, 6.45) is 1.45. The third-order valence-corrected chi connectivity index (χ3v) is 3.75. The van der Waals surface area contributed by atoms with E-state index in [4.69, 9.17) is 4.74 Å². The van der Waals surface area contributed by atoms with E-state index in [0.29, 0.717) is 16.7 Å². The van der Waals surface area contributed by atoms with Crippen molar-refractivity contribution in [3.05, 3.63) is 107 Å². The van der Waals surface area contributed by atoms with Gasteiger partial charge in [0.1, 0.15) is 11.6 Å². The summed E-state index contributed by atoms with van der Waals surface area (Å²) >= 11 is 0. The Kier molecular flexibility index (Phi) is 5.04. The van der Waals surface area contributed by atoms with Crippen LogP contribution in [0.1, 0.15) is 31.8 Å². The zero-order chi connectivity index (χ0) is 18.5. The lowest BCUT2D eigenvalue weighted by molar-refractivity contribution is 0.0734. The van der Waals surface area contributed by atoms with Gasteiger partial charge < -0.3 is 4.74 Å². The van der Waals surface area contributed by atoms with Crippen molar-refractivity contribution < 1.29 is 18.7 Å². The summed E-state index contributed by atoms with van der Waals surface area (Å²) in [6, 6.07) is 19.0. The average molecular weight is 346 g/mol. The van der Waals surface area contributed by atoms with Gasteiger partial charge in [-0.1, -0.05) is 43.0 Å². The van der Waals surface area contributed by atoms with E-state index in [1.165, 1.54) is 30.3 Å². The van der Waals surface area contributed by atoms with Gasteiger partial charge in [-0.25, -0.2) is 9.18 Å². The highest BCUT2D eigenvalue weighted by molar-refractivity contribution is 6.09. The molecule has 3 aromatic carbocycles. The average Bonchev–Trinajstić information content (AvgIpc) is 2.68. The number of rotatable bonds is 5. The van der Waals surface area contributed by atoms with E-state index in [9.17, 15) is 14.0 Å². The summed E-state index contributed by atoms with van der Waals surface area (Å²) in [4.78, 5) is 24.5. The van der Waals surface area contributed by atoms with Gasteiger partial charge in [0.05, 0.1) is 5.56 Å². The van der Waals surface area contributed by atoms with Crippen molar-refractivity contribution in [2.45, 2.75) is 0 Å². The van der Waals surface area contributed by atoms with E-state index in [2.05, 4.69) is 6.58 Å². The molecular formula is C22H15FO3. The number of carbonyl (C=O) groups is 2. The van der Waals surface area contributed by atoms with Crippen molar-refractivity contribution in [2.24, 2.45) is 0 Å². The van der Waals surface area contributed by atoms with Crippen LogP contribution >= 0.6 is 0 Å². The summed E-state index contributed by atoms with van der Waals surface area (Å²) in [5.74, 6) is -1.08. The lowest BCUT2D eigenvalue weighted by Crippen LogP contribution is -2.09. The lowest BCUT2D eigenvalue weighted by Gasteiger charge is -2.07. The van der Waals surface area contributed by atoms with Gasteiger partial charge in [-0.15, -0.1) is 0 Å². The number of carbonyl (C=O) groups excluding carboxylic acids is 2. The van der Waals surface area contributed by atoms with Crippen molar-refractivity contribution in [1.82, 2.24) is 0 Å². The second-order valence-corrected chi connectivity index (χ2v) is 5.59. The second-order valence-electron chi connectivity index (χ2n) is 5.59. The van der Waals surface area contributed by atoms with Crippen LogP contribution in [0.5, 0.6) is 5.75 Å². The minimum absolute atomic E-state index is 0.0874. The normalized spacial score (nSPS) is 10.2. The molecule has 4 heteroatoms. The number of halogens is 1. The van der Waals surface area contributed by atoms with Crippen molar-refractivity contribution in [3.8, 4) is 5.75 Å². The highest BCUT2D eigenvalue weighted by Crippen LogP contribution is 2.18. The molecule has 0 amide bonds. The van der Waals surface area contributed by atoms with Gasteiger partial charge in [-0.3, -0.25) is 4.79 Å². The van der Waals surface area contributed by atoms with Gasteiger partial charge in [0, 0.05) is 11.1 Å². The standard InChI is InChI=1S/C22H15FO3/c1-2-15-12-18(14-19(23)13-15)22(25)26-20-10-8-17(9-11-20)21(24)16-6-4-3-5-7-16/h2-14H,1H2. The Balaban J connectivity index is 1.75. The molecule has 3 nitrogen and oxygen atoms in total. The van der Waals surface area contributed by atoms with Gasteiger partial charge in [0.25, 0.3) is 0 Å². The Morgan fingerprint density at radius 3 is 2.15 bits per heavy atom. The second kappa shape index (κ2) is 7.57. The van der Waals surface area contributed by atoms with Crippen LogP contribution in [0.15, 0.2) is 79.4 Å². The molecular weight excluding hydrogens is 331 g/mol. The Bertz CT molecular complexity index is 960. The number of ether oxygens (including phenoxy) is 1. The smallest absolute Gasteiger partial charge is 0.343 e. The molecule has 3 rings (SSSR count). The molecule has 0 saturated carbocycles. The number of hydrogen-bond acceptors (Lipinski definition) is 3. The van der Waals surface area contributed by atoms with Gasteiger partial charge in [-0.2, -0.15) is 0 Å². The maximum Gasteiger partial charge on any atom is 0.343 e. The van der Waals surface area contributed by atoms with Crippen molar-refractivity contribution in [1.29, 1.82) is 0 Å². The van der Waals surface area contributed by atoms with E-state index >= 15 is 0 Å². The third-order valence-electron chi connectivity index (χ3n) is 3.75. The number of ketones is 1. The molecule has 26 heavy (non-hydrogen) atoms.